The molecular formula is C12H11ClO4. The van der Waals surface area contributed by atoms with Crippen molar-refractivity contribution in [2.75, 3.05) is 7.11 Å². The molecular weight excluding hydrogens is 244 g/mol. The van der Waals surface area contributed by atoms with Gasteiger partial charge in [-0.15, -0.1) is 0 Å². The number of rotatable bonds is 4. The number of hydrogen-bond donors (Lipinski definition) is 1. The highest BCUT2D eigenvalue weighted by molar-refractivity contribution is 6.30. The Kier molecular flexibility index (Phi) is 4.72. The maximum atomic E-state index is 11.3. The second-order valence-corrected chi connectivity index (χ2v) is 3.72. The molecule has 0 aliphatic heterocycles. The Bertz CT molecular complexity index is 448. The molecule has 0 fully saturated rings. The van der Waals surface area contributed by atoms with E-state index in [1.54, 1.807) is 24.3 Å². The summed E-state index contributed by atoms with van der Waals surface area (Å²) in [5.41, 5.74) is 0.776. The van der Waals surface area contributed by atoms with Gasteiger partial charge in [-0.05, 0) is 23.8 Å². The summed E-state index contributed by atoms with van der Waals surface area (Å²) in [7, 11) is 1.21. The second kappa shape index (κ2) is 6.06. The van der Waals surface area contributed by atoms with Crippen LogP contribution in [0, 0.1) is 0 Å². The highest BCUT2D eigenvalue weighted by atomic mass is 35.5. The van der Waals surface area contributed by atoms with E-state index in [4.69, 9.17) is 16.7 Å². The van der Waals surface area contributed by atoms with Gasteiger partial charge >= 0.3 is 11.9 Å². The summed E-state index contributed by atoms with van der Waals surface area (Å²) < 4.78 is 4.51. The molecule has 90 valence electrons. The van der Waals surface area contributed by atoms with E-state index in [1.807, 2.05) is 0 Å². The molecule has 1 N–H and O–H groups in total. The van der Waals surface area contributed by atoms with Crippen molar-refractivity contribution in [3.8, 4) is 0 Å². The molecule has 0 bridgehead atoms. The van der Waals surface area contributed by atoms with Crippen molar-refractivity contribution < 1.29 is 19.4 Å². The number of aliphatic carboxylic acids is 1. The Morgan fingerprint density at radius 1 is 1.35 bits per heavy atom. The molecule has 0 aromatic heterocycles. The van der Waals surface area contributed by atoms with Gasteiger partial charge < -0.3 is 9.84 Å². The van der Waals surface area contributed by atoms with E-state index >= 15 is 0 Å². The first kappa shape index (κ1) is 13.3. The van der Waals surface area contributed by atoms with Crippen molar-refractivity contribution in [2.45, 2.75) is 6.42 Å². The lowest BCUT2D eigenvalue weighted by molar-refractivity contribution is -0.141. The van der Waals surface area contributed by atoms with Gasteiger partial charge in [-0.25, -0.2) is 4.79 Å². The van der Waals surface area contributed by atoms with Crippen LogP contribution in [0.15, 0.2) is 29.8 Å². The fourth-order valence-corrected chi connectivity index (χ4v) is 1.36. The van der Waals surface area contributed by atoms with Crippen LogP contribution in [0.25, 0.3) is 6.08 Å². The number of carboxylic acids is 1. The zero-order valence-corrected chi connectivity index (χ0v) is 9.90. The number of halogens is 1. The molecule has 17 heavy (non-hydrogen) atoms. The third kappa shape index (κ3) is 4.28. The molecule has 0 unspecified atom stereocenters. The van der Waals surface area contributed by atoms with Crippen LogP contribution in [-0.2, 0) is 14.3 Å². The number of methoxy groups -OCH3 is 1. The average Bonchev–Trinajstić information content (AvgIpc) is 2.29. The fourth-order valence-electron chi connectivity index (χ4n) is 1.24. The summed E-state index contributed by atoms with van der Waals surface area (Å²) in [6.07, 6.45) is 1.09. The van der Waals surface area contributed by atoms with E-state index in [9.17, 15) is 9.59 Å². The van der Waals surface area contributed by atoms with Crippen LogP contribution in [-0.4, -0.2) is 24.2 Å². The van der Waals surface area contributed by atoms with Crippen LogP contribution < -0.4 is 0 Å². The van der Waals surface area contributed by atoms with E-state index in [1.165, 1.54) is 13.2 Å². The molecule has 0 amide bonds. The number of carbonyl (C=O) groups excluding carboxylic acids is 1. The van der Waals surface area contributed by atoms with Gasteiger partial charge in [0.25, 0.3) is 0 Å². The lowest BCUT2D eigenvalue weighted by Crippen LogP contribution is -2.09. The second-order valence-electron chi connectivity index (χ2n) is 3.28. The van der Waals surface area contributed by atoms with Gasteiger partial charge in [0.15, 0.2) is 0 Å². The van der Waals surface area contributed by atoms with Gasteiger partial charge in [0.2, 0.25) is 0 Å². The predicted molar refractivity (Wildman–Crippen MR) is 63.7 cm³/mol. The van der Waals surface area contributed by atoms with Gasteiger partial charge in [-0.1, -0.05) is 23.7 Å². The standard InChI is InChI=1S/C12H11ClO4/c1-17-12(16)9(7-11(14)15)6-8-2-4-10(13)5-3-8/h2-6H,7H2,1H3,(H,14,15). The quantitative estimate of drug-likeness (QED) is 0.662. The van der Waals surface area contributed by atoms with Gasteiger partial charge in [-0.3, -0.25) is 4.79 Å². The Balaban J connectivity index is 3.00. The first-order chi connectivity index (χ1) is 8.02. The van der Waals surface area contributed by atoms with Crippen LogP contribution in [0.5, 0.6) is 0 Å². The number of carboxylic acid groups (broad SMARTS) is 1. The van der Waals surface area contributed by atoms with Gasteiger partial charge in [0.05, 0.1) is 13.5 Å². The van der Waals surface area contributed by atoms with E-state index in [-0.39, 0.29) is 12.0 Å². The molecule has 0 heterocycles. The zero-order valence-electron chi connectivity index (χ0n) is 9.14. The molecule has 1 aromatic carbocycles. The third-order valence-electron chi connectivity index (χ3n) is 2.00. The number of carbonyl (C=O) groups is 2. The lowest BCUT2D eigenvalue weighted by atomic mass is 10.1. The molecule has 0 aliphatic carbocycles. The molecule has 0 radical (unpaired) electrons. The normalized spacial score (nSPS) is 11.1. The highest BCUT2D eigenvalue weighted by Crippen LogP contribution is 2.15. The maximum Gasteiger partial charge on any atom is 0.334 e. The van der Waals surface area contributed by atoms with E-state index in [0.717, 1.165) is 0 Å². The summed E-state index contributed by atoms with van der Waals surface area (Å²) in [5.74, 6) is -1.74. The Hall–Kier alpha value is -1.81. The minimum Gasteiger partial charge on any atom is -0.481 e. The highest BCUT2D eigenvalue weighted by Gasteiger charge is 2.13. The zero-order chi connectivity index (χ0) is 12.8. The smallest absolute Gasteiger partial charge is 0.334 e. The van der Waals surface area contributed by atoms with Gasteiger partial charge in [-0.2, -0.15) is 0 Å². The van der Waals surface area contributed by atoms with Crippen LogP contribution in [0.3, 0.4) is 0 Å². The van der Waals surface area contributed by atoms with Crippen LogP contribution >= 0.6 is 11.6 Å². The molecule has 0 spiro atoms. The molecule has 0 saturated heterocycles. The molecule has 4 nitrogen and oxygen atoms in total. The van der Waals surface area contributed by atoms with Crippen molar-refractivity contribution in [1.82, 2.24) is 0 Å². The molecule has 0 aliphatic rings. The maximum absolute atomic E-state index is 11.3. The van der Waals surface area contributed by atoms with Crippen molar-refractivity contribution in [3.63, 3.8) is 0 Å². The number of hydrogen-bond acceptors (Lipinski definition) is 3. The first-order valence-electron chi connectivity index (χ1n) is 4.79. The monoisotopic (exact) mass is 254 g/mol. The number of benzene rings is 1. The molecule has 1 aromatic rings. The molecule has 0 atom stereocenters. The Morgan fingerprint density at radius 3 is 2.41 bits per heavy atom. The van der Waals surface area contributed by atoms with Crippen LogP contribution in [0.4, 0.5) is 0 Å². The number of esters is 1. The van der Waals surface area contributed by atoms with Gasteiger partial charge in [0, 0.05) is 10.6 Å². The summed E-state index contributed by atoms with van der Waals surface area (Å²) in [6, 6.07) is 6.69. The average molecular weight is 255 g/mol. The molecule has 5 heteroatoms. The van der Waals surface area contributed by atoms with Crippen LogP contribution in [0.1, 0.15) is 12.0 Å². The number of ether oxygens (including phenoxy) is 1. The third-order valence-corrected chi connectivity index (χ3v) is 2.25. The van der Waals surface area contributed by atoms with Crippen molar-refractivity contribution in [1.29, 1.82) is 0 Å². The summed E-state index contributed by atoms with van der Waals surface area (Å²) in [5, 5.41) is 9.25. The van der Waals surface area contributed by atoms with E-state index < -0.39 is 11.9 Å². The fraction of sp³-hybridized carbons (Fsp3) is 0.167. The summed E-state index contributed by atoms with van der Waals surface area (Å²) in [6.45, 7) is 0. The van der Waals surface area contributed by atoms with Crippen molar-refractivity contribution in [3.05, 3.63) is 40.4 Å². The van der Waals surface area contributed by atoms with Crippen molar-refractivity contribution in [2.24, 2.45) is 0 Å². The minimum absolute atomic E-state index is 0.0855. The topological polar surface area (TPSA) is 63.6 Å². The first-order valence-corrected chi connectivity index (χ1v) is 5.17. The Labute approximate surface area is 103 Å². The largest absolute Gasteiger partial charge is 0.481 e. The lowest BCUT2D eigenvalue weighted by Gasteiger charge is -2.02. The van der Waals surface area contributed by atoms with E-state index in [0.29, 0.717) is 10.6 Å². The Morgan fingerprint density at radius 2 is 1.94 bits per heavy atom. The SMILES string of the molecule is COC(=O)C(=Cc1ccc(Cl)cc1)CC(=O)O. The van der Waals surface area contributed by atoms with E-state index in [2.05, 4.69) is 4.74 Å². The summed E-state index contributed by atoms with van der Waals surface area (Å²) >= 11 is 5.72. The van der Waals surface area contributed by atoms with Crippen LogP contribution in [0.2, 0.25) is 5.02 Å². The van der Waals surface area contributed by atoms with Crippen molar-refractivity contribution >= 4 is 29.6 Å². The summed E-state index contributed by atoms with van der Waals surface area (Å²) in [4.78, 5) is 21.9. The molecule has 1 rings (SSSR count). The predicted octanol–water partition coefficient (Wildman–Crippen LogP) is 2.37. The molecule has 0 saturated carbocycles. The van der Waals surface area contributed by atoms with Gasteiger partial charge in [0.1, 0.15) is 0 Å². The minimum atomic E-state index is -1.09.